The van der Waals surface area contributed by atoms with Crippen molar-refractivity contribution in [3.8, 4) is 0 Å². The second-order valence-corrected chi connectivity index (χ2v) is 6.77. The molecule has 1 aliphatic heterocycles. The largest absolute Gasteiger partial charge is 0.284 e. The molecule has 6 heteroatoms. The molecular weight excluding hydrogens is 337 g/mol. The summed E-state index contributed by atoms with van der Waals surface area (Å²) >= 11 is 1.42. The van der Waals surface area contributed by atoms with Crippen LogP contribution < -0.4 is 0 Å². The number of nitrogens with zero attached hydrogens (tertiary/aromatic N) is 3. The number of benzene rings is 2. The van der Waals surface area contributed by atoms with E-state index in [-0.39, 0.29) is 17.0 Å². The molecule has 0 aliphatic carbocycles. The van der Waals surface area contributed by atoms with Gasteiger partial charge in [0.2, 0.25) is 5.91 Å². The van der Waals surface area contributed by atoms with Crippen molar-refractivity contribution >= 4 is 29.1 Å². The summed E-state index contributed by atoms with van der Waals surface area (Å²) < 4.78 is 13.1. The van der Waals surface area contributed by atoms with Crippen LogP contribution >= 0.6 is 11.8 Å². The number of halogens is 1. The van der Waals surface area contributed by atoms with Gasteiger partial charge >= 0.3 is 0 Å². The molecule has 0 radical (unpaired) electrons. The normalized spacial score (nSPS) is 19.3. The molecule has 0 bridgehead atoms. The zero-order valence-corrected chi connectivity index (χ0v) is 14.6. The quantitative estimate of drug-likeness (QED) is 0.599. The van der Waals surface area contributed by atoms with Crippen LogP contribution in [0.25, 0.3) is 0 Å². The fourth-order valence-electron chi connectivity index (χ4n) is 2.45. The molecule has 3 rings (SSSR count). The molecule has 1 unspecified atom stereocenters. The Balaban J connectivity index is 1.79. The lowest BCUT2D eigenvalue weighted by Gasteiger charge is -2.15. The molecule has 0 N–H and O–H groups in total. The first-order valence-corrected chi connectivity index (χ1v) is 8.94. The number of hydrogen-bond donors (Lipinski definition) is 0. The first kappa shape index (κ1) is 17.4. The minimum atomic E-state index is -0.293. The first-order valence-electron chi connectivity index (χ1n) is 8.06. The standard InChI is InChI=1S/C19H18FN3OS/c1-2-17-18(24)23(13-15-8-10-16(20)11-9-15)19(25-17)22-21-12-14-6-4-3-5-7-14/h3-12,17H,2,13H2,1H3/b21-12+,22-19+. The lowest BCUT2D eigenvalue weighted by atomic mass is 10.2. The van der Waals surface area contributed by atoms with E-state index in [1.165, 1.54) is 23.9 Å². The molecule has 1 aliphatic rings. The molecule has 0 spiro atoms. The van der Waals surface area contributed by atoms with Crippen molar-refractivity contribution in [2.24, 2.45) is 10.2 Å². The number of amidine groups is 1. The molecule has 25 heavy (non-hydrogen) atoms. The predicted octanol–water partition coefficient (Wildman–Crippen LogP) is 4.07. The Morgan fingerprint density at radius 2 is 1.88 bits per heavy atom. The van der Waals surface area contributed by atoms with E-state index in [0.717, 1.165) is 17.5 Å². The summed E-state index contributed by atoms with van der Waals surface area (Å²) in [6.45, 7) is 2.34. The average Bonchev–Trinajstić information content (AvgIpc) is 2.93. The summed E-state index contributed by atoms with van der Waals surface area (Å²) in [6.07, 6.45) is 2.39. The molecule has 0 aromatic heterocycles. The highest BCUT2D eigenvalue weighted by molar-refractivity contribution is 8.15. The maximum atomic E-state index is 13.1. The Hall–Kier alpha value is -2.47. The Labute approximate surface area is 150 Å². The third kappa shape index (κ3) is 4.33. The Morgan fingerprint density at radius 1 is 1.16 bits per heavy atom. The SMILES string of the molecule is CCC1S/C(=N/N=C/c2ccccc2)N(Cc2ccc(F)cc2)C1=O. The van der Waals surface area contributed by atoms with Crippen LogP contribution in [0, 0.1) is 5.82 Å². The first-order chi connectivity index (χ1) is 12.2. The number of carbonyl (C=O) groups is 1. The molecule has 1 heterocycles. The molecule has 0 saturated carbocycles. The van der Waals surface area contributed by atoms with Crippen molar-refractivity contribution in [1.29, 1.82) is 0 Å². The van der Waals surface area contributed by atoms with Gasteiger partial charge in [-0.1, -0.05) is 61.2 Å². The molecule has 1 amide bonds. The lowest BCUT2D eigenvalue weighted by Crippen LogP contribution is -2.31. The monoisotopic (exact) mass is 355 g/mol. The van der Waals surface area contributed by atoms with Crippen molar-refractivity contribution in [1.82, 2.24) is 4.90 Å². The van der Waals surface area contributed by atoms with Crippen LogP contribution in [-0.4, -0.2) is 27.4 Å². The molecule has 1 atom stereocenters. The minimum absolute atomic E-state index is 0.0190. The van der Waals surface area contributed by atoms with Crippen LogP contribution in [0.2, 0.25) is 0 Å². The van der Waals surface area contributed by atoms with Crippen LogP contribution in [0.5, 0.6) is 0 Å². The van der Waals surface area contributed by atoms with E-state index >= 15 is 0 Å². The molecule has 2 aromatic carbocycles. The van der Waals surface area contributed by atoms with Gasteiger partial charge in [-0.2, -0.15) is 5.10 Å². The molecular formula is C19H18FN3OS. The van der Waals surface area contributed by atoms with Crippen molar-refractivity contribution in [2.75, 3.05) is 0 Å². The van der Waals surface area contributed by atoms with Crippen molar-refractivity contribution in [3.63, 3.8) is 0 Å². The number of rotatable bonds is 5. The number of amides is 1. The Morgan fingerprint density at radius 3 is 2.56 bits per heavy atom. The summed E-state index contributed by atoms with van der Waals surface area (Å²) in [5.41, 5.74) is 1.80. The van der Waals surface area contributed by atoms with E-state index in [9.17, 15) is 9.18 Å². The second kappa shape index (κ2) is 8.07. The van der Waals surface area contributed by atoms with Crippen LogP contribution in [0.3, 0.4) is 0 Å². The van der Waals surface area contributed by atoms with Crippen LogP contribution in [0.1, 0.15) is 24.5 Å². The maximum Gasteiger partial charge on any atom is 0.242 e. The highest BCUT2D eigenvalue weighted by atomic mass is 32.2. The van der Waals surface area contributed by atoms with Gasteiger partial charge in [0.05, 0.1) is 18.0 Å². The van der Waals surface area contributed by atoms with E-state index in [4.69, 9.17) is 0 Å². The summed E-state index contributed by atoms with van der Waals surface area (Å²) in [5.74, 6) is -0.274. The number of carbonyl (C=O) groups excluding carboxylic acids is 1. The summed E-state index contributed by atoms with van der Waals surface area (Å²) in [4.78, 5) is 14.2. The Bertz CT molecular complexity index is 790. The van der Waals surface area contributed by atoms with Crippen LogP contribution in [-0.2, 0) is 11.3 Å². The van der Waals surface area contributed by atoms with Gasteiger partial charge in [-0.3, -0.25) is 9.69 Å². The third-order valence-corrected chi connectivity index (χ3v) is 5.13. The summed E-state index contributed by atoms with van der Waals surface area (Å²) in [7, 11) is 0. The summed E-state index contributed by atoms with van der Waals surface area (Å²) in [5, 5.41) is 8.79. The van der Waals surface area contributed by atoms with E-state index in [2.05, 4.69) is 10.2 Å². The number of thioether (sulfide) groups is 1. The zero-order valence-electron chi connectivity index (χ0n) is 13.8. The van der Waals surface area contributed by atoms with Crippen molar-refractivity contribution < 1.29 is 9.18 Å². The second-order valence-electron chi connectivity index (χ2n) is 5.60. The van der Waals surface area contributed by atoms with Gasteiger partial charge in [0, 0.05) is 0 Å². The third-order valence-electron chi connectivity index (χ3n) is 3.79. The van der Waals surface area contributed by atoms with E-state index in [1.807, 2.05) is 37.3 Å². The van der Waals surface area contributed by atoms with E-state index in [0.29, 0.717) is 11.7 Å². The fourth-order valence-corrected chi connectivity index (χ4v) is 3.47. The lowest BCUT2D eigenvalue weighted by molar-refractivity contribution is -0.126. The van der Waals surface area contributed by atoms with E-state index in [1.54, 1.807) is 23.2 Å². The molecule has 128 valence electrons. The zero-order chi connectivity index (χ0) is 17.6. The van der Waals surface area contributed by atoms with Gasteiger partial charge < -0.3 is 0 Å². The maximum absolute atomic E-state index is 13.1. The van der Waals surface area contributed by atoms with Crippen molar-refractivity contribution in [2.45, 2.75) is 25.1 Å². The minimum Gasteiger partial charge on any atom is -0.284 e. The smallest absolute Gasteiger partial charge is 0.242 e. The fraction of sp³-hybridized carbons (Fsp3) is 0.211. The van der Waals surface area contributed by atoms with Crippen molar-refractivity contribution in [3.05, 3.63) is 71.5 Å². The molecule has 1 fully saturated rings. The van der Waals surface area contributed by atoms with Gasteiger partial charge in [0.1, 0.15) is 5.82 Å². The van der Waals surface area contributed by atoms with Crippen LogP contribution in [0.4, 0.5) is 4.39 Å². The predicted molar refractivity (Wildman–Crippen MR) is 100 cm³/mol. The molecule has 1 saturated heterocycles. The van der Waals surface area contributed by atoms with Gasteiger partial charge in [0.15, 0.2) is 5.17 Å². The van der Waals surface area contributed by atoms with E-state index < -0.39 is 0 Å². The summed E-state index contributed by atoms with van der Waals surface area (Å²) in [6, 6.07) is 15.8. The van der Waals surface area contributed by atoms with Crippen LogP contribution in [0.15, 0.2) is 64.8 Å². The molecule has 4 nitrogen and oxygen atoms in total. The highest BCUT2D eigenvalue weighted by Crippen LogP contribution is 2.30. The Kier molecular flexibility index (Phi) is 5.60. The van der Waals surface area contributed by atoms with Gasteiger partial charge in [-0.15, -0.1) is 5.10 Å². The average molecular weight is 355 g/mol. The highest BCUT2D eigenvalue weighted by Gasteiger charge is 2.36. The topological polar surface area (TPSA) is 45.0 Å². The number of hydrogen-bond acceptors (Lipinski definition) is 4. The van der Waals surface area contributed by atoms with Gasteiger partial charge in [0.25, 0.3) is 0 Å². The molecule has 2 aromatic rings. The van der Waals surface area contributed by atoms with Gasteiger partial charge in [-0.05, 0) is 29.7 Å². The van der Waals surface area contributed by atoms with Gasteiger partial charge in [-0.25, -0.2) is 4.39 Å².